The van der Waals surface area contributed by atoms with E-state index >= 15 is 0 Å². The summed E-state index contributed by atoms with van der Waals surface area (Å²) in [5, 5.41) is 18.6. The first kappa shape index (κ1) is 14.6. The molecule has 0 aromatic heterocycles. The maximum absolute atomic E-state index is 11.2. The zero-order valence-corrected chi connectivity index (χ0v) is 10.8. The van der Waals surface area contributed by atoms with Gasteiger partial charge in [0.25, 0.3) is 0 Å². The van der Waals surface area contributed by atoms with Crippen molar-refractivity contribution in [3.8, 4) is 17.2 Å². The number of carbonyl (C=O) groups excluding carboxylic acids is 1. The minimum Gasteiger partial charge on any atom is -0.502 e. The van der Waals surface area contributed by atoms with Gasteiger partial charge in [-0.25, -0.2) is 4.79 Å². The highest BCUT2D eigenvalue weighted by atomic mass is 16.5. The van der Waals surface area contributed by atoms with Crippen molar-refractivity contribution < 1.29 is 29.3 Å². The third-order valence-electron chi connectivity index (χ3n) is 2.42. The van der Waals surface area contributed by atoms with Crippen molar-refractivity contribution in [2.24, 2.45) is 0 Å². The van der Waals surface area contributed by atoms with E-state index < -0.39 is 11.8 Å². The number of carbonyl (C=O) groups is 2. The molecule has 0 amide bonds. The molecule has 6 heteroatoms. The van der Waals surface area contributed by atoms with Crippen LogP contribution in [0.3, 0.4) is 0 Å². The molecule has 0 aliphatic heterocycles. The molecule has 0 heterocycles. The Morgan fingerprint density at radius 1 is 1.16 bits per heavy atom. The van der Waals surface area contributed by atoms with E-state index in [1.807, 2.05) is 0 Å². The molecule has 1 aromatic carbocycles. The van der Waals surface area contributed by atoms with Crippen LogP contribution in [0.15, 0.2) is 17.7 Å². The summed E-state index contributed by atoms with van der Waals surface area (Å²) in [5.74, 6) is -1.84. The van der Waals surface area contributed by atoms with Crippen molar-refractivity contribution in [1.29, 1.82) is 0 Å². The first-order valence-corrected chi connectivity index (χ1v) is 5.31. The summed E-state index contributed by atoms with van der Waals surface area (Å²) < 4.78 is 9.88. The van der Waals surface area contributed by atoms with E-state index in [1.54, 1.807) is 0 Å². The third kappa shape index (κ3) is 3.25. The van der Waals surface area contributed by atoms with Crippen LogP contribution < -0.4 is 9.47 Å². The summed E-state index contributed by atoms with van der Waals surface area (Å²) in [6.07, 6.45) is 1.19. The molecule has 19 heavy (non-hydrogen) atoms. The molecule has 0 radical (unpaired) electrons. The minimum atomic E-state index is -1.32. The van der Waals surface area contributed by atoms with Gasteiger partial charge in [-0.15, -0.1) is 0 Å². The lowest BCUT2D eigenvalue weighted by Crippen LogP contribution is -2.08. The molecule has 0 saturated carbocycles. The normalized spacial score (nSPS) is 11.0. The van der Waals surface area contributed by atoms with E-state index in [0.29, 0.717) is 5.56 Å². The van der Waals surface area contributed by atoms with E-state index in [2.05, 4.69) is 0 Å². The molecule has 0 atom stereocenters. The maximum atomic E-state index is 11.2. The summed E-state index contributed by atoms with van der Waals surface area (Å²) in [7, 11) is 2.70. The maximum Gasteiger partial charge on any atom is 0.339 e. The number of carboxylic acids is 1. The van der Waals surface area contributed by atoms with Crippen molar-refractivity contribution in [1.82, 2.24) is 0 Å². The average Bonchev–Trinajstić information content (AvgIpc) is 2.36. The number of hydrogen-bond acceptors (Lipinski definition) is 5. The summed E-state index contributed by atoms with van der Waals surface area (Å²) in [6.45, 7) is 1.16. The van der Waals surface area contributed by atoms with Crippen LogP contribution in [0.5, 0.6) is 17.2 Å². The lowest BCUT2D eigenvalue weighted by atomic mass is 10.1. The zero-order chi connectivity index (χ0) is 14.6. The highest BCUT2D eigenvalue weighted by molar-refractivity contribution is 6.19. The van der Waals surface area contributed by atoms with Gasteiger partial charge in [-0.05, 0) is 30.7 Å². The Hall–Kier alpha value is -2.50. The van der Waals surface area contributed by atoms with E-state index in [-0.39, 0.29) is 22.8 Å². The van der Waals surface area contributed by atoms with Gasteiger partial charge < -0.3 is 19.7 Å². The van der Waals surface area contributed by atoms with E-state index in [0.717, 1.165) is 6.92 Å². The summed E-state index contributed by atoms with van der Waals surface area (Å²) in [6, 6.07) is 2.81. The second kappa shape index (κ2) is 5.90. The molecule has 0 saturated heterocycles. The number of benzene rings is 1. The fraction of sp³-hybridized carbons (Fsp3) is 0.231. The Balaban J connectivity index is 3.39. The standard InChI is InChI=1S/C13H14O6/c1-7(14)9(13(16)17)4-8-5-10(18-2)12(15)11(6-8)19-3/h4-6,15H,1-3H3,(H,16,17)/b9-4-. The molecule has 0 bridgehead atoms. The van der Waals surface area contributed by atoms with E-state index in [9.17, 15) is 14.7 Å². The van der Waals surface area contributed by atoms with Crippen LogP contribution in [-0.2, 0) is 9.59 Å². The van der Waals surface area contributed by atoms with Gasteiger partial charge in [-0.1, -0.05) is 0 Å². The fourth-order valence-corrected chi connectivity index (χ4v) is 1.48. The van der Waals surface area contributed by atoms with Crippen molar-refractivity contribution in [2.75, 3.05) is 14.2 Å². The van der Waals surface area contributed by atoms with Crippen LogP contribution in [0.1, 0.15) is 12.5 Å². The average molecular weight is 266 g/mol. The fourth-order valence-electron chi connectivity index (χ4n) is 1.48. The van der Waals surface area contributed by atoms with Crippen molar-refractivity contribution >= 4 is 17.8 Å². The quantitative estimate of drug-likeness (QED) is 0.476. The Bertz CT molecular complexity index is 503. The summed E-state index contributed by atoms with van der Waals surface area (Å²) in [5.41, 5.74) is 0.00824. The first-order chi connectivity index (χ1) is 8.90. The molecule has 0 fully saturated rings. The summed E-state index contributed by atoms with van der Waals surface area (Å²) >= 11 is 0. The number of ketones is 1. The molecule has 0 unspecified atom stereocenters. The number of aromatic hydroxyl groups is 1. The highest BCUT2D eigenvalue weighted by Gasteiger charge is 2.15. The smallest absolute Gasteiger partial charge is 0.339 e. The monoisotopic (exact) mass is 266 g/mol. The van der Waals surface area contributed by atoms with Crippen molar-refractivity contribution in [2.45, 2.75) is 6.92 Å². The topological polar surface area (TPSA) is 93.1 Å². The van der Waals surface area contributed by atoms with Gasteiger partial charge in [0, 0.05) is 0 Å². The number of carboxylic acid groups (broad SMARTS) is 1. The molecular formula is C13H14O6. The SMILES string of the molecule is COc1cc(/C=C(/C(C)=O)C(=O)O)cc(OC)c1O. The third-order valence-corrected chi connectivity index (χ3v) is 2.42. The van der Waals surface area contributed by atoms with Crippen LogP contribution in [0.2, 0.25) is 0 Å². The van der Waals surface area contributed by atoms with Crippen LogP contribution in [0.25, 0.3) is 6.08 Å². The second-order valence-electron chi connectivity index (χ2n) is 3.69. The summed E-state index contributed by atoms with van der Waals surface area (Å²) in [4.78, 5) is 22.1. The lowest BCUT2D eigenvalue weighted by molar-refractivity contribution is -0.134. The van der Waals surface area contributed by atoms with Gasteiger partial charge in [-0.3, -0.25) is 4.79 Å². The molecule has 2 N–H and O–H groups in total. The molecular weight excluding hydrogens is 252 g/mol. The molecule has 6 nitrogen and oxygen atoms in total. The molecule has 0 spiro atoms. The number of hydrogen-bond donors (Lipinski definition) is 2. The molecule has 0 aliphatic rings. The van der Waals surface area contributed by atoms with Gasteiger partial charge >= 0.3 is 5.97 Å². The number of Topliss-reactive ketones (excluding diaryl/α,β-unsaturated/α-hetero) is 1. The van der Waals surface area contributed by atoms with Gasteiger partial charge in [0.2, 0.25) is 5.75 Å². The predicted molar refractivity (Wildman–Crippen MR) is 67.5 cm³/mol. The van der Waals surface area contributed by atoms with Gasteiger partial charge in [0.15, 0.2) is 17.3 Å². The Morgan fingerprint density at radius 2 is 1.63 bits per heavy atom. The van der Waals surface area contributed by atoms with Crippen molar-refractivity contribution in [3.05, 3.63) is 23.3 Å². The minimum absolute atomic E-state index is 0.124. The molecule has 1 aromatic rings. The number of aliphatic carboxylic acids is 1. The Morgan fingerprint density at radius 3 is 1.95 bits per heavy atom. The number of methoxy groups -OCH3 is 2. The van der Waals surface area contributed by atoms with Crippen LogP contribution in [0.4, 0.5) is 0 Å². The molecule has 1 rings (SSSR count). The Kier molecular flexibility index (Phi) is 4.52. The first-order valence-electron chi connectivity index (χ1n) is 5.31. The van der Waals surface area contributed by atoms with Gasteiger partial charge in [0.05, 0.1) is 14.2 Å². The number of ether oxygens (including phenoxy) is 2. The second-order valence-corrected chi connectivity index (χ2v) is 3.69. The number of rotatable bonds is 5. The van der Waals surface area contributed by atoms with E-state index in [4.69, 9.17) is 14.6 Å². The van der Waals surface area contributed by atoms with Gasteiger partial charge in [-0.2, -0.15) is 0 Å². The van der Waals surface area contributed by atoms with Gasteiger partial charge in [0.1, 0.15) is 5.57 Å². The van der Waals surface area contributed by atoms with Crippen LogP contribution in [0, 0.1) is 0 Å². The molecule has 0 aliphatic carbocycles. The Labute approximate surface area is 109 Å². The zero-order valence-electron chi connectivity index (χ0n) is 10.8. The number of phenolic OH excluding ortho intramolecular Hbond substituents is 1. The molecule has 102 valence electrons. The van der Waals surface area contributed by atoms with Crippen LogP contribution in [-0.4, -0.2) is 36.2 Å². The highest BCUT2D eigenvalue weighted by Crippen LogP contribution is 2.37. The number of phenols is 1. The van der Waals surface area contributed by atoms with E-state index in [1.165, 1.54) is 32.4 Å². The largest absolute Gasteiger partial charge is 0.502 e. The lowest BCUT2D eigenvalue weighted by Gasteiger charge is -2.09. The van der Waals surface area contributed by atoms with Crippen molar-refractivity contribution in [3.63, 3.8) is 0 Å². The predicted octanol–water partition coefficient (Wildman–Crippen LogP) is 1.47. The van der Waals surface area contributed by atoms with Crippen LogP contribution >= 0.6 is 0 Å².